The van der Waals surface area contributed by atoms with Crippen molar-refractivity contribution in [3.05, 3.63) is 0 Å². The quantitative estimate of drug-likeness (QED) is 0.370. The molecular formula is C3H7NaO5Si. The molecule has 0 rings (SSSR count). The average Bonchev–Trinajstić information content (AvgIpc) is 1.59. The smallest absolute Gasteiger partial charge is 0.550 e. The molecule has 0 heterocycles. The molecular weight excluding hydrogens is 167 g/mol. The Morgan fingerprint density at radius 2 is 1.80 bits per heavy atom. The van der Waals surface area contributed by atoms with Gasteiger partial charge in [-0.2, -0.15) is 0 Å². The first-order chi connectivity index (χ1) is 3.92. The molecule has 0 bridgehead atoms. The molecule has 0 aliphatic carbocycles. The summed E-state index contributed by atoms with van der Waals surface area (Å²) in [7, 11) is -4.14. The Hall–Kier alpha value is 0.567. The number of hydrogen-bond donors (Lipinski definition) is 3. The van der Waals surface area contributed by atoms with Gasteiger partial charge in [0.1, 0.15) is 0 Å². The number of carbonyl (C=O) groups excluding carboxylic acids is 1. The minimum Gasteiger partial charge on any atom is -0.550 e. The molecule has 0 radical (unpaired) electrons. The van der Waals surface area contributed by atoms with Gasteiger partial charge in [-0.05, 0) is 6.42 Å². The maximum Gasteiger partial charge on any atom is 1.00 e. The third-order valence-corrected chi connectivity index (χ3v) is 1.59. The Kier molecular flexibility index (Phi) is 6.92. The van der Waals surface area contributed by atoms with Crippen LogP contribution in [0.15, 0.2) is 0 Å². The van der Waals surface area contributed by atoms with Crippen molar-refractivity contribution in [2.24, 2.45) is 0 Å². The predicted molar refractivity (Wildman–Crippen MR) is 26.8 cm³/mol. The minimum absolute atomic E-state index is 0. The van der Waals surface area contributed by atoms with Crippen molar-refractivity contribution in [1.29, 1.82) is 0 Å². The third kappa shape index (κ3) is 11.4. The van der Waals surface area contributed by atoms with Gasteiger partial charge in [-0.3, -0.25) is 0 Å². The molecule has 3 N–H and O–H groups in total. The summed E-state index contributed by atoms with van der Waals surface area (Å²) in [6.45, 7) is 0. The zero-order valence-electron chi connectivity index (χ0n) is 5.57. The van der Waals surface area contributed by atoms with E-state index in [0.29, 0.717) is 0 Å². The van der Waals surface area contributed by atoms with Crippen LogP contribution in [-0.4, -0.2) is 29.2 Å². The average molecular weight is 174 g/mol. The molecule has 0 aromatic rings. The van der Waals surface area contributed by atoms with E-state index in [4.69, 9.17) is 14.4 Å². The number of hydrogen-bond acceptors (Lipinski definition) is 5. The van der Waals surface area contributed by atoms with Crippen molar-refractivity contribution in [2.75, 3.05) is 0 Å². The van der Waals surface area contributed by atoms with E-state index in [9.17, 15) is 9.90 Å². The monoisotopic (exact) mass is 174 g/mol. The second kappa shape index (κ2) is 5.25. The van der Waals surface area contributed by atoms with E-state index in [1.807, 2.05) is 0 Å². The predicted octanol–water partition coefficient (Wildman–Crippen LogP) is -5.95. The molecule has 0 aliphatic rings. The van der Waals surface area contributed by atoms with Gasteiger partial charge in [0, 0.05) is 12.0 Å². The second-order valence-corrected chi connectivity index (χ2v) is 3.70. The Balaban J connectivity index is 0. The van der Waals surface area contributed by atoms with E-state index >= 15 is 0 Å². The van der Waals surface area contributed by atoms with Crippen LogP contribution in [0.25, 0.3) is 0 Å². The van der Waals surface area contributed by atoms with E-state index in [1.54, 1.807) is 0 Å². The number of carboxylic acid groups (broad SMARTS) is 1. The number of rotatable bonds is 3. The van der Waals surface area contributed by atoms with Crippen LogP contribution in [0.1, 0.15) is 6.42 Å². The normalized spacial score (nSPS) is 10.3. The third-order valence-electron chi connectivity index (χ3n) is 0.665. The van der Waals surface area contributed by atoms with Crippen molar-refractivity contribution in [3.8, 4) is 0 Å². The van der Waals surface area contributed by atoms with Crippen LogP contribution < -0.4 is 34.7 Å². The molecule has 10 heavy (non-hydrogen) atoms. The first-order valence-electron chi connectivity index (χ1n) is 2.29. The Morgan fingerprint density at radius 3 is 1.90 bits per heavy atom. The largest absolute Gasteiger partial charge is 1.00 e. The van der Waals surface area contributed by atoms with Gasteiger partial charge in [-0.1, -0.05) is 0 Å². The Labute approximate surface area is 81.0 Å². The molecule has 0 unspecified atom stereocenters. The summed E-state index contributed by atoms with van der Waals surface area (Å²) < 4.78 is 0. The molecule has 0 atom stereocenters. The zero-order valence-corrected chi connectivity index (χ0v) is 8.57. The van der Waals surface area contributed by atoms with Crippen LogP contribution in [0.5, 0.6) is 0 Å². The molecule has 0 spiro atoms. The SMILES string of the molecule is O=C([O-])CC[Si](O)(O)O.[Na+]. The molecule has 5 nitrogen and oxygen atoms in total. The van der Waals surface area contributed by atoms with Crippen LogP contribution in [0.4, 0.5) is 0 Å². The van der Waals surface area contributed by atoms with Crippen LogP contribution in [-0.2, 0) is 4.79 Å². The van der Waals surface area contributed by atoms with Crippen molar-refractivity contribution < 1.29 is 53.8 Å². The van der Waals surface area contributed by atoms with Gasteiger partial charge in [0.15, 0.2) is 0 Å². The van der Waals surface area contributed by atoms with E-state index < -0.39 is 27.2 Å². The van der Waals surface area contributed by atoms with Gasteiger partial charge in [0.05, 0.1) is 0 Å². The molecule has 0 aliphatic heterocycles. The summed E-state index contributed by atoms with van der Waals surface area (Å²) in [6, 6.07) is -0.505. The number of carboxylic acids is 1. The topological polar surface area (TPSA) is 101 Å². The van der Waals surface area contributed by atoms with Crippen molar-refractivity contribution in [1.82, 2.24) is 0 Å². The van der Waals surface area contributed by atoms with Gasteiger partial charge in [-0.25, -0.2) is 0 Å². The maximum atomic E-state index is 9.62. The zero-order chi connectivity index (χ0) is 7.49. The first kappa shape index (κ1) is 13.2. The Bertz CT molecular complexity index is 110. The van der Waals surface area contributed by atoms with Gasteiger partial charge >= 0.3 is 38.4 Å². The summed E-state index contributed by atoms with van der Waals surface area (Å²) in [5, 5.41) is 9.62. The maximum absolute atomic E-state index is 9.62. The van der Waals surface area contributed by atoms with Crippen molar-refractivity contribution in [2.45, 2.75) is 12.5 Å². The van der Waals surface area contributed by atoms with Gasteiger partial charge < -0.3 is 24.3 Å². The van der Waals surface area contributed by atoms with Crippen molar-refractivity contribution in [3.63, 3.8) is 0 Å². The van der Waals surface area contributed by atoms with E-state index in [1.165, 1.54) is 0 Å². The summed E-state index contributed by atoms with van der Waals surface area (Å²) in [6.07, 6.45) is -0.518. The summed E-state index contributed by atoms with van der Waals surface area (Å²) >= 11 is 0. The fourth-order valence-electron chi connectivity index (χ4n) is 0.270. The van der Waals surface area contributed by atoms with Gasteiger partial charge in [0.25, 0.3) is 0 Å². The summed E-state index contributed by atoms with van der Waals surface area (Å²) in [4.78, 5) is 34.3. The molecule has 0 aromatic heterocycles. The van der Waals surface area contributed by atoms with E-state index in [0.717, 1.165) is 0 Å². The van der Waals surface area contributed by atoms with Crippen LogP contribution in [0, 0.1) is 0 Å². The van der Waals surface area contributed by atoms with E-state index in [2.05, 4.69) is 0 Å². The van der Waals surface area contributed by atoms with Crippen LogP contribution in [0.2, 0.25) is 6.04 Å². The Morgan fingerprint density at radius 1 is 1.40 bits per heavy atom. The van der Waals surface area contributed by atoms with Crippen LogP contribution >= 0.6 is 0 Å². The number of aliphatic carboxylic acids is 1. The first-order valence-corrected chi connectivity index (χ1v) is 4.33. The number of carbonyl (C=O) groups is 1. The molecule has 0 amide bonds. The van der Waals surface area contributed by atoms with E-state index in [-0.39, 0.29) is 29.6 Å². The van der Waals surface area contributed by atoms with Gasteiger partial charge in [-0.15, -0.1) is 0 Å². The fourth-order valence-corrected chi connectivity index (χ4v) is 0.809. The molecule has 54 valence electrons. The molecule has 7 heteroatoms. The van der Waals surface area contributed by atoms with Crippen molar-refractivity contribution >= 4 is 14.8 Å². The standard InChI is InChI=1S/C3H8O5Si.Na/c4-3(5)1-2-9(6,7)8;/h6-8H,1-2H2,(H,4,5);/q;+1/p-1. The second-order valence-electron chi connectivity index (χ2n) is 1.65. The molecule has 0 aromatic carbocycles. The summed E-state index contributed by atoms with van der Waals surface area (Å²) in [5.41, 5.74) is 0. The molecule has 0 fully saturated rings. The van der Waals surface area contributed by atoms with Crippen LogP contribution in [0.3, 0.4) is 0 Å². The minimum atomic E-state index is -4.14. The van der Waals surface area contributed by atoms with Gasteiger partial charge in [0.2, 0.25) is 0 Å². The summed E-state index contributed by atoms with van der Waals surface area (Å²) in [5.74, 6) is -1.40. The fraction of sp³-hybridized carbons (Fsp3) is 0.667. The molecule has 0 saturated carbocycles. The molecule has 0 saturated heterocycles.